The van der Waals surface area contributed by atoms with Crippen LogP contribution in [0.3, 0.4) is 0 Å². The Bertz CT molecular complexity index is 399. The molecule has 0 amide bonds. The van der Waals surface area contributed by atoms with Crippen LogP contribution in [-0.4, -0.2) is 31.3 Å². The fourth-order valence-corrected chi connectivity index (χ4v) is 2.00. The summed E-state index contributed by atoms with van der Waals surface area (Å²) in [6.07, 6.45) is -4.28. The van der Waals surface area contributed by atoms with Crippen LogP contribution in [0, 0.1) is 0 Å². The summed E-state index contributed by atoms with van der Waals surface area (Å²) >= 11 is 0. The normalized spacial score (nSPS) is 19.4. The first-order valence-electron chi connectivity index (χ1n) is 6.23. The highest BCUT2D eigenvalue weighted by molar-refractivity contribution is 5.26. The van der Waals surface area contributed by atoms with Crippen LogP contribution in [0.1, 0.15) is 24.1 Å². The smallest absolute Gasteiger partial charge is 0.379 e. The number of morpholine rings is 1. The Labute approximate surface area is 110 Å². The number of hydrogen-bond donors (Lipinski definition) is 1. The number of ether oxygens (including phenoxy) is 1. The molecule has 1 aromatic rings. The summed E-state index contributed by atoms with van der Waals surface area (Å²) in [6, 6.07) is 5.24. The molecule has 1 aromatic carbocycles. The standard InChI is InChI=1S/C13H17F3N2O/c1-10(17-18-6-8-19-9-7-18)11-2-4-12(5-3-11)13(14,15)16/h2-5,10,17H,6-9H2,1H3. The van der Waals surface area contributed by atoms with Crippen molar-refractivity contribution in [1.29, 1.82) is 0 Å². The van der Waals surface area contributed by atoms with Gasteiger partial charge < -0.3 is 4.74 Å². The Kier molecular flexibility index (Phi) is 4.44. The maximum absolute atomic E-state index is 12.5. The first kappa shape index (κ1) is 14.3. The van der Waals surface area contributed by atoms with Crippen LogP contribution in [-0.2, 0) is 10.9 Å². The molecule has 0 bridgehead atoms. The molecular formula is C13H17F3N2O. The highest BCUT2D eigenvalue weighted by atomic mass is 19.4. The van der Waals surface area contributed by atoms with Gasteiger partial charge in [0, 0.05) is 19.1 Å². The van der Waals surface area contributed by atoms with Gasteiger partial charge in [-0.1, -0.05) is 12.1 Å². The van der Waals surface area contributed by atoms with E-state index in [-0.39, 0.29) is 6.04 Å². The number of nitrogens with one attached hydrogen (secondary N) is 1. The molecule has 1 fully saturated rings. The number of nitrogens with zero attached hydrogens (tertiary/aromatic N) is 1. The molecule has 1 N–H and O–H groups in total. The van der Waals surface area contributed by atoms with E-state index < -0.39 is 11.7 Å². The van der Waals surface area contributed by atoms with Crippen molar-refractivity contribution in [1.82, 2.24) is 10.4 Å². The van der Waals surface area contributed by atoms with Crippen molar-refractivity contribution in [2.24, 2.45) is 0 Å². The van der Waals surface area contributed by atoms with E-state index >= 15 is 0 Å². The van der Waals surface area contributed by atoms with Gasteiger partial charge in [-0.2, -0.15) is 13.2 Å². The number of alkyl halides is 3. The zero-order valence-electron chi connectivity index (χ0n) is 10.7. The molecule has 6 heteroatoms. The summed E-state index contributed by atoms with van der Waals surface area (Å²) in [7, 11) is 0. The lowest BCUT2D eigenvalue weighted by Gasteiger charge is -2.30. The van der Waals surface area contributed by atoms with Gasteiger partial charge in [0.05, 0.1) is 18.8 Å². The largest absolute Gasteiger partial charge is 0.416 e. The number of halogens is 3. The Hall–Kier alpha value is -1.11. The second-order valence-electron chi connectivity index (χ2n) is 4.57. The first-order chi connectivity index (χ1) is 8.97. The molecule has 0 aliphatic carbocycles. The summed E-state index contributed by atoms with van der Waals surface area (Å²) in [5, 5.41) is 2.03. The van der Waals surface area contributed by atoms with Crippen molar-refractivity contribution in [3.8, 4) is 0 Å². The SMILES string of the molecule is CC(NN1CCOCC1)c1ccc(C(F)(F)F)cc1. The monoisotopic (exact) mass is 274 g/mol. The van der Waals surface area contributed by atoms with Gasteiger partial charge in [-0.15, -0.1) is 0 Å². The molecule has 1 heterocycles. The van der Waals surface area contributed by atoms with Crippen LogP contribution in [0.25, 0.3) is 0 Å². The molecule has 106 valence electrons. The fourth-order valence-electron chi connectivity index (χ4n) is 2.00. The predicted molar refractivity (Wildman–Crippen MR) is 65.4 cm³/mol. The van der Waals surface area contributed by atoms with Crippen LogP contribution in [0.15, 0.2) is 24.3 Å². The molecule has 1 aliphatic heterocycles. The van der Waals surface area contributed by atoms with Crippen molar-refractivity contribution in [2.45, 2.75) is 19.1 Å². The van der Waals surface area contributed by atoms with E-state index in [1.165, 1.54) is 12.1 Å². The van der Waals surface area contributed by atoms with Gasteiger partial charge in [-0.3, -0.25) is 0 Å². The molecule has 0 spiro atoms. The Balaban J connectivity index is 1.97. The van der Waals surface area contributed by atoms with Crippen LogP contribution in [0.5, 0.6) is 0 Å². The third-order valence-electron chi connectivity index (χ3n) is 3.13. The highest BCUT2D eigenvalue weighted by Crippen LogP contribution is 2.29. The second-order valence-corrected chi connectivity index (χ2v) is 4.57. The van der Waals surface area contributed by atoms with E-state index in [9.17, 15) is 13.2 Å². The molecule has 1 aliphatic rings. The average Bonchev–Trinajstić information content (AvgIpc) is 2.39. The lowest BCUT2D eigenvalue weighted by atomic mass is 10.1. The minimum atomic E-state index is -4.28. The molecular weight excluding hydrogens is 257 g/mol. The lowest BCUT2D eigenvalue weighted by molar-refractivity contribution is -0.137. The number of hydrazine groups is 1. The molecule has 0 radical (unpaired) electrons. The summed E-state index contributed by atoms with van der Waals surface area (Å²) in [5.41, 5.74) is 3.48. The maximum Gasteiger partial charge on any atom is 0.416 e. The molecule has 1 atom stereocenters. The van der Waals surface area contributed by atoms with E-state index in [1.54, 1.807) is 0 Å². The van der Waals surface area contributed by atoms with Gasteiger partial charge in [-0.05, 0) is 24.6 Å². The van der Waals surface area contributed by atoms with E-state index in [1.807, 2.05) is 11.9 Å². The van der Waals surface area contributed by atoms with Crippen LogP contribution >= 0.6 is 0 Å². The van der Waals surface area contributed by atoms with Crippen LogP contribution in [0.2, 0.25) is 0 Å². The quantitative estimate of drug-likeness (QED) is 0.917. The second kappa shape index (κ2) is 5.90. The van der Waals surface area contributed by atoms with Gasteiger partial charge in [0.15, 0.2) is 0 Å². The average molecular weight is 274 g/mol. The number of rotatable bonds is 3. The molecule has 19 heavy (non-hydrogen) atoms. The van der Waals surface area contributed by atoms with Gasteiger partial charge in [0.1, 0.15) is 0 Å². The van der Waals surface area contributed by atoms with Crippen molar-refractivity contribution in [3.63, 3.8) is 0 Å². The minimum Gasteiger partial charge on any atom is -0.379 e. The molecule has 3 nitrogen and oxygen atoms in total. The fraction of sp³-hybridized carbons (Fsp3) is 0.538. The number of hydrogen-bond acceptors (Lipinski definition) is 3. The minimum absolute atomic E-state index is 0.0274. The molecule has 0 saturated carbocycles. The number of benzene rings is 1. The van der Waals surface area contributed by atoms with Gasteiger partial charge in [0.25, 0.3) is 0 Å². The summed E-state index contributed by atoms with van der Waals surface area (Å²) < 4.78 is 42.6. The Morgan fingerprint density at radius 3 is 2.26 bits per heavy atom. The van der Waals surface area contributed by atoms with Crippen molar-refractivity contribution < 1.29 is 17.9 Å². The Morgan fingerprint density at radius 1 is 1.16 bits per heavy atom. The third kappa shape index (κ3) is 3.92. The zero-order chi connectivity index (χ0) is 13.9. The summed E-state index contributed by atoms with van der Waals surface area (Å²) in [5.74, 6) is 0. The van der Waals surface area contributed by atoms with E-state index in [0.29, 0.717) is 13.2 Å². The lowest BCUT2D eigenvalue weighted by Crippen LogP contribution is -2.46. The predicted octanol–water partition coefficient (Wildman–Crippen LogP) is 2.60. The van der Waals surface area contributed by atoms with Crippen LogP contribution < -0.4 is 5.43 Å². The third-order valence-corrected chi connectivity index (χ3v) is 3.13. The Morgan fingerprint density at radius 2 is 1.74 bits per heavy atom. The van der Waals surface area contributed by atoms with E-state index in [2.05, 4.69) is 5.43 Å². The maximum atomic E-state index is 12.5. The zero-order valence-corrected chi connectivity index (χ0v) is 10.7. The van der Waals surface area contributed by atoms with Crippen LogP contribution in [0.4, 0.5) is 13.2 Å². The topological polar surface area (TPSA) is 24.5 Å². The summed E-state index contributed by atoms with van der Waals surface area (Å²) in [6.45, 7) is 4.84. The van der Waals surface area contributed by atoms with Gasteiger partial charge in [-0.25, -0.2) is 10.4 Å². The van der Waals surface area contributed by atoms with E-state index in [4.69, 9.17) is 4.74 Å². The molecule has 1 unspecified atom stereocenters. The van der Waals surface area contributed by atoms with E-state index in [0.717, 1.165) is 30.8 Å². The van der Waals surface area contributed by atoms with Gasteiger partial charge >= 0.3 is 6.18 Å². The van der Waals surface area contributed by atoms with Gasteiger partial charge in [0.2, 0.25) is 0 Å². The van der Waals surface area contributed by atoms with Crippen molar-refractivity contribution in [3.05, 3.63) is 35.4 Å². The summed E-state index contributed by atoms with van der Waals surface area (Å²) in [4.78, 5) is 0. The first-order valence-corrected chi connectivity index (χ1v) is 6.23. The molecule has 1 saturated heterocycles. The van der Waals surface area contributed by atoms with Crippen molar-refractivity contribution >= 4 is 0 Å². The molecule has 2 rings (SSSR count). The highest BCUT2D eigenvalue weighted by Gasteiger charge is 2.30. The molecule has 0 aromatic heterocycles. The van der Waals surface area contributed by atoms with Crippen molar-refractivity contribution in [2.75, 3.05) is 26.3 Å².